The van der Waals surface area contributed by atoms with Crippen molar-refractivity contribution >= 4 is 21.9 Å². The lowest BCUT2D eigenvalue weighted by molar-refractivity contribution is 0.469. The molecule has 6 heteroatoms. The molecule has 0 amide bonds. The lowest BCUT2D eigenvalue weighted by Gasteiger charge is -2.03. The van der Waals surface area contributed by atoms with Crippen molar-refractivity contribution in [2.45, 2.75) is 0 Å². The molecule has 0 bridgehead atoms. The van der Waals surface area contributed by atoms with Crippen LogP contribution in [0.5, 0.6) is 5.75 Å². The van der Waals surface area contributed by atoms with Gasteiger partial charge in [-0.3, -0.25) is 0 Å². The maximum absolute atomic E-state index is 13.5. The van der Waals surface area contributed by atoms with Gasteiger partial charge in [0, 0.05) is 28.6 Å². The van der Waals surface area contributed by atoms with Gasteiger partial charge in [0.25, 0.3) is 0 Å². The highest BCUT2D eigenvalue weighted by atomic mass is 19.1. The zero-order valence-corrected chi connectivity index (χ0v) is 11.7. The van der Waals surface area contributed by atoms with E-state index in [1.165, 1.54) is 12.1 Å². The molecular formula is C17H9FN4O. The van der Waals surface area contributed by atoms with Crippen LogP contribution < -0.4 is 0 Å². The number of aromatic nitrogens is 3. The molecule has 3 heterocycles. The number of fused-ring (bicyclic) bond motifs is 3. The minimum absolute atomic E-state index is 0.144. The van der Waals surface area contributed by atoms with Crippen LogP contribution in [-0.2, 0) is 0 Å². The third kappa shape index (κ3) is 2.15. The third-order valence-corrected chi connectivity index (χ3v) is 3.67. The molecule has 0 aliphatic heterocycles. The number of phenols is 1. The zero-order chi connectivity index (χ0) is 16.0. The van der Waals surface area contributed by atoms with Crippen LogP contribution in [-0.4, -0.2) is 20.1 Å². The number of hydrogen-bond acceptors (Lipinski definition) is 4. The predicted octanol–water partition coefficient (Wildman–Crippen LogP) is 3.49. The number of phenolic OH excluding ortho intramolecular Hbond substituents is 1. The number of pyridine rings is 2. The van der Waals surface area contributed by atoms with Crippen LogP contribution in [0.4, 0.5) is 4.39 Å². The quantitative estimate of drug-likeness (QED) is 0.563. The van der Waals surface area contributed by atoms with E-state index in [0.29, 0.717) is 22.5 Å². The Morgan fingerprint density at radius 3 is 2.65 bits per heavy atom. The van der Waals surface area contributed by atoms with Gasteiger partial charge in [0.05, 0.1) is 11.7 Å². The first kappa shape index (κ1) is 13.2. The molecule has 0 unspecified atom stereocenters. The minimum Gasteiger partial charge on any atom is -0.508 e. The van der Waals surface area contributed by atoms with Crippen molar-refractivity contribution in [1.82, 2.24) is 15.0 Å². The van der Waals surface area contributed by atoms with E-state index in [-0.39, 0.29) is 5.75 Å². The number of hydrogen-bond donors (Lipinski definition) is 2. The molecule has 0 saturated carbocycles. The van der Waals surface area contributed by atoms with Crippen LogP contribution in [0.25, 0.3) is 33.1 Å². The second-order valence-corrected chi connectivity index (χ2v) is 5.17. The summed E-state index contributed by atoms with van der Waals surface area (Å²) in [5, 5.41) is 20.2. The normalized spacial score (nSPS) is 11.0. The van der Waals surface area contributed by atoms with Crippen molar-refractivity contribution in [3.05, 3.63) is 54.2 Å². The molecule has 2 N–H and O–H groups in total. The topological polar surface area (TPSA) is 85.6 Å². The SMILES string of the molecule is N#Cc1cc2c(cn1)[nH]c1ncc(-c3cc(O)cc(F)c3)cc12. The summed E-state index contributed by atoms with van der Waals surface area (Å²) >= 11 is 0. The van der Waals surface area contributed by atoms with Gasteiger partial charge in [0.2, 0.25) is 0 Å². The summed E-state index contributed by atoms with van der Waals surface area (Å²) in [5.41, 5.74) is 2.93. The summed E-state index contributed by atoms with van der Waals surface area (Å²) in [6.07, 6.45) is 3.19. The molecule has 110 valence electrons. The van der Waals surface area contributed by atoms with E-state index in [0.717, 1.165) is 22.4 Å². The molecule has 4 rings (SSSR count). The van der Waals surface area contributed by atoms with E-state index in [1.807, 2.05) is 12.1 Å². The molecule has 23 heavy (non-hydrogen) atoms. The van der Waals surface area contributed by atoms with Gasteiger partial charge in [-0.25, -0.2) is 14.4 Å². The van der Waals surface area contributed by atoms with Gasteiger partial charge in [-0.2, -0.15) is 5.26 Å². The first-order valence-corrected chi connectivity index (χ1v) is 6.81. The smallest absolute Gasteiger partial charge is 0.141 e. The van der Waals surface area contributed by atoms with E-state index >= 15 is 0 Å². The van der Waals surface area contributed by atoms with Crippen molar-refractivity contribution < 1.29 is 9.50 Å². The second kappa shape index (κ2) is 4.78. The Kier molecular flexibility index (Phi) is 2.75. The molecular weight excluding hydrogens is 295 g/mol. The summed E-state index contributed by atoms with van der Waals surface area (Å²) in [7, 11) is 0. The van der Waals surface area contributed by atoms with Gasteiger partial charge in [-0.1, -0.05) is 0 Å². The zero-order valence-electron chi connectivity index (χ0n) is 11.7. The van der Waals surface area contributed by atoms with Crippen LogP contribution in [0, 0.1) is 17.1 Å². The van der Waals surface area contributed by atoms with Crippen molar-refractivity contribution in [3.63, 3.8) is 0 Å². The molecule has 0 radical (unpaired) electrons. The Balaban J connectivity index is 1.99. The number of H-pyrrole nitrogens is 1. The molecule has 1 aromatic carbocycles. The molecule has 0 saturated heterocycles. The number of aromatic hydroxyl groups is 1. The molecule has 4 aromatic rings. The summed E-state index contributed by atoms with van der Waals surface area (Å²) in [5.74, 6) is -0.662. The first-order valence-electron chi connectivity index (χ1n) is 6.81. The first-order chi connectivity index (χ1) is 11.1. The number of rotatable bonds is 1. The van der Waals surface area contributed by atoms with Crippen molar-refractivity contribution in [3.8, 4) is 22.9 Å². The Morgan fingerprint density at radius 1 is 1.00 bits per heavy atom. The molecule has 0 atom stereocenters. The summed E-state index contributed by atoms with van der Waals surface area (Å²) in [6, 6.07) is 9.39. The lowest BCUT2D eigenvalue weighted by atomic mass is 10.1. The highest BCUT2D eigenvalue weighted by Gasteiger charge is 2.10. The molecule has 0 aliphatic rings. The Morgan fingerprint density at radius 2 is 1.87 bits per heavy atom. The van der Waals surface area contributed by atoms with Gasteiger partial charge in [-0.05, 0) is 29.8 Å². The Bertz CT molecular complexity index is 1090. The maximum Gasteiger partial charge on any atom is 0.141 e. The van der Waals surface area contributed by atoms with Gasteiger partial charge >= 0.3 is 0 Å². The van der Waals surface area contributed by atoms with Gasteiger partial charge in [-0.15, -0.1) is 0 Å². The van der Waals surface area contributed by atoms with Crippen LogP contribution in [0.15, 0.2) is 42.7 Å². The second-order valence-electron chi connectivity index (χ2n) is 5.17. The summed E-state index contributed by atoms with van der Waals surface area (Å²) in [4.78, 5) is 11.5. The fourth-order valence-electron chi connectivity index (χ4n) is 2.63. The Labute approximate surface area is 129 Å². The summed E-state index contributed by atoms with van der Waals surface area (Å²) < 4.78 is 13.5. The van der Waals surface area contributed by atoms with Gasteiger partial charge in [0.1, 0.15) is 29.0 Å². The van der Waals surface area contributed by atoms with Crippen LogP contribution in [0.1, 0.15) is 5.69 Å². The minimum atomic E-state index is -0.519. The van der Waals surface area contributed by atoms with Gasteiger partial charge < -0.3 is 10.1 Å². The van der Waals surface area contributed by atoms with Crippen molar-refractivity contribution in [1.29, 1.82) is 5.26 Å². The summed E-state index contributed by atoms with van der Waals surface area (Å²) in [6.45, 7) is 0. The largest absolute Gasteiger partial charge is 0.508 e. The average Bonchev–Trinajstić information content (AvgIpc) is 2.90. The predicted molar refractivity (Wildman–Crippen MR) is 83.2 cm³/mol. The molecule has 0 fully saturated rings. The highest BCUT2D eigenvalue weighted by molar-refractivity contribution is 6.06. The third-order valence-electron chi connectivity index (χ3n) is 3.67. The Hall–Kier alpha value is -3.46. The molecule has 0 aliphatic carbocycles. The average molecular weight is 304 g/mol. The van der Waals surface area contributed by atoms with E-state index in [9.17, 15) is 9.50 Å². The lowest BCUT2D eigenvalue weighted by Crippen LogP contribution is -1.84. The highest BCUT2D eigenvalue weighted by Crippen LogP contribution is 2.30. The van der Waals surface area contributed by atoms with E-state index in [4.69, 9.17) is 5.26 Å². The number of benzene rings is 1. The molecule has 5 nitrogen and oxygen atoms in total. The van der Waals surface area contributed by atoms with Crippen LogP contribution in [0.2, 0.25) is 0 Å². The monoisotopic (exact) mass is 304 g/mol. The van der Waals surface area contributed by atoms with E-state index in [2.05, 4.69) is 15.0 Å². The number of nitriles is 1. The molecule has 0 spiro atoms. The molecule has 3 aromatic heterocycles. The fourth-order valence-corrected chi connectivity index (χ4v) is 2.63. The van der Waals surface area contributed by atoms with E-state index in [1.54, 1.807) is 18.5 Å². The van der Waals surface area contributed by atoms with Crippen molar-refractivity contribution in [2.75, 3.05) is 0 Å². The van der Waals surface area contributed by atoms with E-state index < -0.39 is 5.82 Å². The number of nitrogens with zero attached hydrogens (tertiary/aromatic N) is 3. The van der Waals surface area contributed by atoms with Crippen LogP contribution >= 0.6 is 0 Å². The maximum atomic E-state index is 13.5. The van der Waals surface area contributed by atoms with Crippen molar-refractivity contribution in [2.24, 2.45) is 0 Å². The number of halogens is 1. The standard InChI is InChI=1S/C17H9FN4O/c18-11-1-9(2-13(23)4-11)10-3-15-14-5-12(6-19)20-8-16(14)22-17(15)21-7-10/h1-5,7-8,23H,(H,21,22). The number of aromatic amines is 1. The fraction of sp³-hybridized carbons (Fsp3) is 0. The van der Waals surface area contributed by atoms with Crippen LogP contribution in [0.3, 0.4) is 0 Å². The number of nitrogens with one attached hydrogen (secondary N) is 1. The van der Waals surface area contributed by atoms with Gasteiger partial charge in [0.15, 0.2) is 0 Å².